The Bertz CT molecular complexity index is 885. The van der Waals surface area contributed by atoms with Crippen molar-refractivity contribution in [3.8, 4) is 11.8 Å². The van der Waals surface area contributed by atoms with E-state index in [1.165, 1.54) is 24.3 Å². The third kappa shape index (κ3) is 3.26. The molecule has 0 bridgehead atoms. The second-order valence-electron chi connectivity index (χ2n) is 4.60. The topological polar surface area (TPSA) is 100 Å². The van der Waals surface area contributed by atoms with Gasteiger partial charge in [0.05, 0.1) is 10.6 Å². The highest BCUT2D eigenvalue weighted by molar-refractivity contribution is 5.42. The first kappa shape index (κ1) is 14.5. The molecule has 1 heterocycles. The second-order valence-corrected chi connectivity index (χ2v) is 4.60. The Balaban J connectivity index is 1.82. The number of nitrogens with zero attached hydrogens (tertiary/aromatic N) is 3. The van der Waals surface area contributed by atoms with Crippen LogP contribution in [0, 0.1) is 10.1 Å². The molecule has 0 aliphatic carbocycles. The lowest BCUT2D eigenvalue weighted by Gasteiger charge is -2.00. The zero-order chi connectivity index (χ0) is 16.2. The lowest BCUT2D eigenvalue weighted by atomic mass is 10.2. The van der Waals surface area contributed by atoms with Crippen LogP contribution in [0.1, 0.15) is 5.56 Å². The SMILES string of the molecule is O=c1oc(OCc2ccccc2)nn1-c1cccc([N+](=O)[O-])c1. The van der Waals surface area contributed by atoms with Crippen LogP contribution in [-0.2, 0) is 6.61 Å². The summed E-state index contributed by atoms with van der Waals surface area (Å²) in [5.74, 6) is -0.784. The molecule has 116 valence electrons. The normalized spacial score (nSPS) is 10.4. The van der Waals surface area contributed by atoms with E-state index in [-0.39, 0.29) is 24.1 Å². The molecule has 1 aromatic heterocycles. The number of rotatable bonds is 5. The van der Waals surface area contributed by atoms with Gasteiger partial charge >= 0.3 is 11.8 Å². The smallest absolute Gasteiger partial charge is 0.444 e. The van der Waals surface area contributed by atoms with Crippen molar-refractivity contribution in [2.75, 3.05) is 0 Å². The van der Waals surface area contributed by atoms with Crippen molar-refractivity contribution in [2.45, 2.75) is 6.61 Å². The summed E-state index contributed by atoms with van der Waals surface area (Å²) in [6.45, 7) is 0.190. The van der Waals surface area contributed by atoms with E-state index in [1.54, 1.807) is 0 Å². The van der Waals surface area contributed by atoms with E-state index in [9.17, 15) is 14.9 Å². The quantitative estimate of drug-likeness (QED) is 0.529. The molecule has 0 radical (unpaired) electrons. The highest BCUT2D eigenvalue weighted by atomic mass is 16.6. The zero-order valence-electron chi connectivity index (χ0n) is 11.8. The number of ether oxygens (including phenoxy) is 1. The molecule has 0 atom stereocenters. The van der Waals surface area contributed by atoms with Crippen LogP contribution in [0.5, 0.6) is 6.08 Å². The third-order valence-electron chi connectivity index (χ3n) is 3.02. The van der Waals surface area contributed by atoms with Gasteiger partial charge in [-0.1, -0.05) is 41.5 Å². The second kappa shape index (κ2) is 6.14. The lowest BCUT2D eigenvalue weighted by molar-refractivity contribution is -0.384. The van der Waals surface area contributed by atoms with Crippen LogP contribution in [0.2, 0.25) is 0 Å². The molecule has 0 N–H and O–H groups in total. The summed E-state index contributed by atoms with van der Waals surface area (Å²) in [7, 11) is 0. The van der Waals surface area contributed by atoms with Gasteiger partial charge < -0.3 is 9.15 Å². The molecule has 0 saturated carbocycles. The predicted octanol–water partition coefficient (Wildman–Crippen LogP) is 2.31. The van der Waals surface area contributed by atoms with E-state index in [4.69, 9.17) is 9.15 Å². The molecule has 0 aliphatic heterocycles. The third-order valence-corrected chi connectivity index (χ3v) is 3.02. The lowest BCUT2D eigenvalue weighted by Crippen LogP contribution is -2.13. The molecule has 8 nitrogen and oxygen atoms in total. The van der Waals surface area contributed by atoms with Crippen molar-refractivity contribution in [3.63, 3.8) is 0 Å². The molecule has 0 spiro atoms. The molecule has 0 amide bonds. The van der Waals surface area contributed by atoms with Crippen molar-refractivity contribution in [3.05, 3.63) is 80.8 Å². The largest absolute Gasteiger partial charge is 0.444 e. The fraction of sp³-hybridized carbons (Fsp3) is 0.0667. The van der Waals surface area contributed by atoms with Gasteiger partial charge in [0.1, 0.15) is 6.61 Å². The van der Waals surface area contributed by atoms with Crippen molar-refractivity contribution >= 4 is 5.69 Å². The molecular formula is C15H11N3O5. The molecule has 3 rings (SSSR count). The summed E-state index contributed by atoms with van der Waals surface area (Å²) >= 11 is 0. The fourth-order valence-electron chi connectivity index (χ4n) is 1.94. The molecule has 8 heteroatoms. The van der Waals surface area contributed by atoms with Gasteiger partial charge in [-0.2, -0.15) is 4.68 Å². The van der Waals surface area contributed by atoms with Gasteiger partial charge in [-0.05, 0) is 11.6 Å². The Morgan fingerprint density at radius 2 is 1.96 bits per heavy atom. The predicted molar refractivity (Wildman–Crippen MR) is 79.5 cm³/mol. The first-order chi connectivity index (χ1) is 11.1. The van der Waals surface area contributed by atoms with E-state index in [2.05, 4.69) is 5.10 Å². The number of non-ortho nitro benzene ring substituents is 1. The van der Waals surface area contributed by atoms with Gasteiger partial charge in [0.25, 0.3) is 5.69 Å². The number of aromatic nitrogens is 2. The zero-order valence-corrected chi connectivity index (χ0v) is 11.8. The highest BCUT2D eigenvalue weighted by Crippen LogP contribution is 2.16. The van der Waals surface area contributed by atoms with E-state index < -0.39 is 10.7 Å². The number of hydrogen-bond acceptors (Lipinski definition) is 6. The maximum Gasteiger partial charge on any atom is 0.444 e. The molecule has 0 fully saturated rings. The van der Waals surface area contributed by atoms with Gasteiger partial charge in [-0.3, -0.25) is 10.1 Å². The van der Waals surface area contributed by atoms with Crippen LogP contribution in [0.3, 0.4) is 0 Å². The van der Waals surface area contributed by atoms with Crippen molar-refractivity contribution in [1.29, 1.82) is 0 Å². The molecule has 0 aliphatic rings. The number of benzene rings is 2. The Morgan fingerprint density at radius 1 is 1.17 bits per heavy atom. The van der Waals surface area contributed by atoms with Crippen LogP contribution in [-0.4, -0.2) is 14.7 Å². The number of nitro groups is 1. The summed E-state index contributed by atoms with van der Waals surface area (Å²) < 4.78 is 11.1. The Hall–Kier alpha value is -3.42. The maximum absolute atomic E-state index is 11.8. The van der Waals surface area contributed by atoms with E-state index >= 15 is 0 Å². The Morgan fingerprint density at radius 3 is 2.70 bits per heavy atom. The molecule has 23 heavy (non-hydrogen) atoms. The fourth-order valence-corrected chi connectivity index (χ4v) is 1.94. The average molecular weight is 313 g/mol. The summed E-state index contributed by atoms with van der Waals surface area (Å²) in [5, 5.41) is 14.7. The van der Waals surface area contributed by atoms with E-state index in [0.717, 1.165) is 10.2 Å². The molecule has 0 unspecified atom stereocenters. The van der Waals surface area contributed by atoms with Crippen molar-refractivity contribution < 1.29 is 14.1 Å². The summed E-state index contributed by atoms with van der Waals surface area (Å²) in [6, 6.07) is 14.8. The Kier molecular flexibility index (Phi) is 3.88. The Labute approximate surface area is 129 Å². The van der Waals surface area contributed by atoms with Crippen LogP contribution in [0.15, 0.2) is 63.8 Å². The van der Waals surface area contributed by atoms with Gasteiger partial charge in [0, 0.05) is 12.1 Å². The minimum Gasteiger partial charge on any atom is -0.444 e. The van der Waals surface area contributed by atoms with Crippen LogP contribution < -0.4 is 10.5 Å². The van der Waals surface area contributed by atoms with Crippen molar-refractivity contribution in [2.24, 2.45) is 0 Å². The van der Waals surface area contributed by atoms with Gasteiger partial charge in [-0.15, -0.1) is 0 Å². The number of hydrogen-bond donors (Lipinski definition) is 0. The van der Waals surface area contributed by atoms with Gasteiger partial charge in [0.2, 0.25) is 0 Å². The maximum atomic E-state index is 11.8. The average Bonchev–Trinajstić information content (AvgIpc) is 2.95. The van der Waals surface area contributed by atoms with Crippen molar-refractivity contribution in [1.82, 2.24) is 9.78 Å². The summed E-state index contributed by atoms with van der Waals surface area (Å²) in [4.78, 5) is 22.0. The van der Waals surface area contributed by atoms with E-state index in [0.29, 0.717) is 0 Å². The van der Waals surface area contributed by atoms with Gasteiger partial charge in [0.15, 0.2) is 0 Å². The minimum atomic E-state index is -0.784. The summed E-state index contributed by atoms with van der Waals surface area (Å²) in [5.41, 5.74) is 0.965. The summed E-state index contributed by atoms with van der Waals surface area (Å²) in [6.07, 6.45) is -0.203. The van der Waals surface area contributed by atoms with Crippen LogP contribution >= 0.6 is 0 Å². The van der Waals surface area contributed by atoms with E-state index in [1.807, 2.05) is 30.3 Å². The molecular weight excluding hydrogens is 302 g/mol. The first-order valence-electron chi connectivity index (χ1n) is 6.65. The minimum absolute atomic E-state index is 0.149. The highest BCUT2D eigenvalue weighted by Gasteiger charge is 2.14. The molecule has 0 saturated heterocycles. The first-order valence-corrected chi connectivity index (χ1v) is 6.65. The van der Waals surface area contributed by atoms with Crippen LogP contribution in [0.4, 0.5) is 5.69 Å². The standard InChI is InChI=1S/C15H11N3O5/c19-15-17(12-7-4-8-13(9-12)18(20)21)16-14(23-15)22-10-11-5-2-1-3-6-11/h1-9H,10H2. The molecule has 3 aromatic rings. The van der Waals surface area contributed by atoms with Crippen LogP contribution in [0.25, 0.3) is 5.69 Å². The molecule has 2 aromatic carbocycles. The number of nitro benzene ring substituents is 1. The van der Waals surface area contributed by atoms with Gasteiger partial charge in [-0.25, -0.2) is 4.79 Å². The monoisotopic (exact) mass is 313 g/mol.